The highest BCUT2D eigenvalue weighted by atomic mass is 35.5. The van der Waals surface area contributed by atoms with E-state index < -0.39 is 0 Å². The summed E-state index contributed by atoms with van der Waals surface area (Å²) in [6, 6.07) is 20.9. The largest absolute Gasteiger partial charge is 0.487 e. The topological polar surface area (TPSA) is 57.9 Å². The Morgan fingerprint density at radius 2 is 1.88 bits per heavy atom. The summed E-state index contributed by atoms with van der Waals surface area (Å²) in [4.78, 5) is 4.23. The first-order valence-corrected chi connectivity index (χ1v) is 8.18. The maximum Gasteiger partial charge on any atom is 0.130 e. The SMILES string of the molecule is N#Cc1cccc(Cl)c1NCc1ccc(OCc2ccccn2)cc1. The van der Waals surface area contributed by atoms with Crippen molar-refractivity contribution in [2.75, 3.05) is 5.32 Å². The van der Waals surface area contributed by atoms with Crippen LogP contribution in [-0.2, 0) is 13.2 Å². The minimum absolute atomic E-state index is 0.434. The number of pyridine rings is 1. The van der Waals surface area contributed by atoms with Gasteiger partial charge >= 0.3 is 0 Å². The van der Waals surface area contributed by atoms with Crippen LogP contribution in [0.15, 0.2) is 66.9 Å². The van der Waals surface area contributed by atoms with E-state index in [0.29, 0.717) is 29.4 Å². The van der Waals surface area contributed by atoms with Crippen LogP contribution in [0.4, 0.5) is 5.69 Å². The zero-order valence-electron chi connectivity index (χ0n) is 13.4. The van der Waals surface area contributed by atoms with Crippen LogP contribution in [0, 0.1) is 11.3 Å². The fraction of sp³-hybridized carbons (Fsp3) is 0.100. The third kappa shape index (κ3) is 4.50. The molecule has 0 saturated heterocycles. The Morgan fingerprint density at radius 3 is 2.60 bits per heavy atom. The standard InChI is InChI=1S/C20H16ClN3O/c21-19-6-3-4-16(12-22)20(19)24-13-15-7-9-18(10-8-15)25-14-17-5-1-2-11-23-17/h1-11,24H,13-14H2. The Balaban J connectivity index is 1.59. The molecule has 4 nitrogen and oxygen atoms in total. The lowest BCUT2D eigenvalue weighted by molar-refractivity contribution is 0.301. The monoisotopic (exact) mass is 349 g/mol. The third-order valence-corrected chi connectivity index (χ3v) is 3.95. The first kappa shape index (κ1) is 16.8. The molecule has 0 atom stereocenters. The fourth-order valence-corrected chi connectivity index (χ4v) is 2.57. The number of halogens is 1. The fourth-order valence-electron chi connectivity index (χ4n) is 2.33. The van der Waals surface area contributed by atoms with Crippen LogP contribution in [0.3, 0.4) is 0 Å². The normalized spacial score (nSPS) is 10.1. The molecule has 5 heteroatoms. The van der Waals surface area contributed by atoms with Gasteiger partial charge in [0.2, 0.25) is 0 Å². The van der Waals surface area contributed by atoms with E-state index in [-0.39, 0.29) is 0 Å². The number of anilines is 1. The molecule has 0 amide bonds. The molecule has 2 aromatic carbocycles. The first-order chi connectivity index (χ1) is 12.3. The number of hydrogen-bond donors (Lipinski definition) is 1. The van der Waals surface area contributed by atoms with E-state index in [1.54, 1.807) is 24.4 Å². The molecule has 1 heterocycles. The molecule has 0 saturated carbocycles. The van der Waals surface area contributed by atoms with Gasteiger partial charge in [-0.15, -0.1) is 0 Å². The molecule has 0 spiro atoms. The number of nitrogens with zero attached hydrogens (tertiary/aromatic N) is 2. The van der Waals surface area contributed by atoms with E-state index in [2.05, 4.69) is 16.4 Å². The maximum absolute atomic E-state index is 9.16. The second-order valence-corrected chi connectivity index (χ2v) is 5.79. The minimum atomic E-state index is 0.434. The molecule has 0 bridgehead atoms. The van der Waals surface area contributed by atoms with Crippen LogP contribution < -0.4 is 10.1 Å². The van der Waals surface area contributed by atoms with E-state index in [0.717, 1.165) is 17.0 Å². The Hall–Kier alpha value is -3.03. The van der Waals surface area contributed by atoms with Crippen molar-refractivity contribution in [3.8, 4) is 11.8 Å². The second kappa shape index (κ2) is 8.18. The van der Waals surface area contributed by atoms with E-state index in [4.69, 9.17) is 21.6 Å². The summed E-state index contributed by atoms with van der Waals surface area (Å²) in [5.41, 5.74) is 3.13. The van der Waals surface area contributed by atoms with Crippen molar-refractivity contribution in [3.63, 3.8) is 0 Å². The van der Waals surface area contributed by atoms with Gasteiger partial charge in [0.25, 0.3) is 0 Å². The third-order valence-electron chi connectivity index (χ3n) is 3.64. The van der Waals surface area contributed by atoms with Crippen molar-refractivity contribution in [2.45, 2.75) is 13.2 Å². The highest BCUT2D eigenvalue weighted by Gasteiger charge is 2.06. The quantitative estimate of drug-likeness (QED) is 0.694. The van der Waals surface area contributed by atoms with Gasteiger partial charge in [-0.25, -0.2) is 0 Å². The number of ether oxygens (including phenoxy) is 1. The highest BCUT2D eigenvalue weighted by molar-refractivity contribution is 6.33. The van der Waals surface area contributed by atoms with Crippen LogP contribution in [0.2, 0.25) is 5.02 Å². The average molecular weight is 350 g/mol. The second-order valence-electron chi connectivity index (χ2n) is 5.38. The molecule has 0 aliphatic heterocycles. The summed E-state index contributed by atoms with van der Waals surface area (Å²) < 4.78 is 5.72. The predicted octanol–water partition coefficient (Wildman–Crippen LogP) is 4.80. The molecule has 124 valence electrons. The Kier molecular flexibility index (Phi) is 5.50. The van der Waals surface area contributed by atoms with Crippen molar-refractivity contribution in [2.24, 2.45) is 0 Å². The summed E-state index contributed by atoms with van der Waals surface area (Å²) in [6.07, 6.45) is 1.75. The van der Waals surface area contributed by atoms with Crippen molar-refractivity contribution in [1.29, 1.82) is 5.26 Å². The number of hydrogen-bond acceptors (Lipinski definition) is 4. The predicted molar refractivity (Wildman–Crippen MR) is 98.5 cm³/mol. The van der Waals surface area contributed by atoms with Gasteiger partial charge in [-0.2, -0.15) is 5.26 Å². The highest BCUT2D eigenvalue weighted by Crippen LogP contribution is 2.26. The average Bonchev–Trinajstić information content (AvgIpc) is 2.67. The number of nitrogens with one attached hydrogen (secondary N) is 1. The zero-order chi connectivity index (χ0) is 17.5. The van der Waals surface area contributed by atoms with E-state index in [1.165, 1.54) is 0 Å². The lowest BCUT2D eigenvalue weighted by Crippen LogP contribution is -2.02. The molecule has 3 aromatic rings. The molecule has 1 N–H and O–H groups in total. The number of aromatic nitrogens is 1. The lowest BCUT2D eigenvalue weighted by atomic mass is 10.1. The van der Waals surface area contributed by atoms with Crippen molar-refractivity contribution in [3.05, 3.63) is 88.7 Å². The molecule has 3 rings (SSSR count). The number of nitriles is 1. The lowest BCUT2D eigenvalue weighted by Gasteiger charge is -2.11. The molecule has 25 heavy (non-hydrogen) atoms. The first-order valence-electron chi connectivity index (χ1n) is 7.80. The van der Waals surface area contributed by atoms with Gasteiger partial charge in [-0.1, -0.05) is 35.9 Å². The molecule has 0 aliphatic rings. The Bertz CT molecular complexity index is 874. The van der Waals surface area contributed by atoms with Crippen LogP contribution >= 0.6 is 11.6 Å². The molecule has 0 unspecified atom stereocenters. The summed E-state index contributed by atoms with van der Waals surface area (Å²) in [7, 11) is 0. The van der Waals surface area contributed by atoms with E-state index in [9.17, 15) is 0 Å². The van der Waals surface area contributed by atoms with Gasteiger partial charge in [0.1, 0.15) is 18.4 Å². The van der Waals surface area contributed by atoms with Crippen LogP contribution in [0.5, 0.6) is 5.75 Å². The summed E-state index contributed by atoms with van der Waals surface area (Å²) in [5.74, 6) is 0.782. The molecule has 0 radical (unpaired) electrons. The van der Waals surface area contributed by atoms with E-state index >= 15 is 0 Å². The van der Waals surface area contributed by atoms with Crippen LogP contribution in [-0.4, -0.2) is 4.98 Å². The number of benzene rings is 2. The number of para-hydroxylation sites is 1. The Labute approximate surface area is 151 Å². The van der Waals surface area contributed by atoms with Gasteiger partial charge in [0.15, 0.2) is 0 Å². The molecule has 0 aliphatic carbocycles. The minimum Gasteiger partial charge on any atom is -0.487 e. The smallest absolute Gasteiger partial charge is 0.130 e. The van der Waals surface area contributed by atoms with Gasteiger partial charge in [0, 0.05) is 12.7 Å². The number of rotatable bonds is 6. The van der Waals surface area contributed by atoms with Gasteiger partial charge in [-0.05, 0) is 42.0 Å². The summed E-state index contributed by atoms with van der Waals surface area (Å²) in [6.45, 7) is 1.00. The summed E-state index contributed by atoms with van der Waals surface area (Å²) >= 11 is 6.16. The van der Waals surface area contributed by atoms with Gasteiger partial charge in [-0.3, -0.25) is 4.98 Å². The van der Waals surface area contributed by atoms with Gasteiger partial charge in [0.05, 0.1) is 22.0 Å². The zero-order valence-corrected chi connectivity index (χ0v) is 14.2. The van der Waals surface area contributed by atoms with E-state index in [1.807, 2.05) is 42.5 Å². The summed E-state index contributed by atoms with van der Waals surface area (Å²) in [5, 5.41) is 12.9. The maximum atomic E-state index is 9.16. The van der Waals surface area contributed by atoms with Crippen molar-refractivity contribution < 1.29 is 4.74 Å². The van der Waals surface area contributed by atoms with Crippen LogP contribution in [0.25, 0.3) is 0 Å². The molecule has 1 aromatic heterocycles. The van der Waals surface area contributed by atoms with Crippen molar-refractivity contribution in [1.82, 2.24) is 4.98 Å². The van der Waals surface area contributed by atoms with Gasteiger partial charge < -0.3 is 10.1 Å². The molecule has 0 fully saturated rings. The molecular weight excluding hydrogens is 334 g/mol. The Morgan fingerprint density at radius 1 is 1.04 bits per heavy atom. The molecular formula is C20H16ClN3O. The van der Waals surface area contributed by atoms with Crippen LogP contribution in [0.1, 0.15) is 16.8 Å². The van der Waals surface area contributed by atoms with Crippen molar-refractivity contribution >= 4 is 17.3 Å².